The van der Waals surface area contributed by atoms with Crippen molar-refractivity contribution in [1.82, 2.24) is 9.80 Å². The quantitative estimate of drug-likeness (QED) is 0.869. The number of ether oxygens (including phenoxy) is 1. The molecule has 1 heterocycles. The molecule has 6 nitrogen and oxygen atoms in total. The molecule has 1 aromatic rings. The van der Waals surface area contributed by atoms with Gasteiger partial charge in [-0.25, -0.2) is 0 Å². The highest BCUT2D eigenvalue weighted by molar-refractivity contribution is 6.31. The summed E-state index contributed by atoms with van der Waals surface area (Å²) in [4.78, 5) is 28.7. The Bertz CT molecular complexity index is 655. The Morgan fingerprint density at radius 3 is 2.52 bits per heavy atom. The fraction of sp³-hybridized carbons (Fsp3) is 0.556. The standard InChI is InChI=1S/C18H24ClN3O3/c1-12(17(23)20-15-11-14(19)5-6-16(15)25-2)21-7-9-22(10-8-21)18(24)13-3-4-13/h5-6,11-13H,3-4,7-10H2,1-2H3,(H,20,23). The van der Waals surface area contributed by atoms with Gasteiger partial charge < -0.3 is 15.0 Å². The van der Waals surface area contributed by atoms with Gasteiger partial charge in [0.2, 0.25) is 11.8 Å². The number of carbonyl (C=O) groups is 2. The van der Waals surface area contributed by atoms with Crippen LogP contribution < -0.4 is 10.1 Å². The van der Waals surface area contributed by atoms with E-state index < -0.39 is 0 Å². The van der Waals surface area contributed by atoms with Crippen molar-refractivity contribution in [3.63, 3.8) is 0 Å². The minimum Gasteiger partial charge on any atom is -0.495 e. The predicted molar refractivity (Wildman–Crippen MR) is 97.0 cm³/mol. The summed E-state index contributed by atoms with van der Waals surface area (Å²) in [6.07, 6.45) is 2.05. The largest absolute Gasteiger partial charge is 0.495 e. The van der Waals surface area contributed by atoms with Gasteiger partial charge in [0.15, 0.2) is 0 Å². The van der Waals surface area contributed by atoms with Gasteiger partial charge in [-0.1, -0.05) is 11.6 Å². The van der Waals surface area contributed by atoms with Gasteiger partial charge in [0, 0.05) is 37.1 Å². The SMILES string of the molecule is COc1ccc(Cl)cc1NC(=O)C(C)N1CCN(C(=O)C2CC2)CC1. The van der Waals surface area contributed by atoms with E-state index >= 15 is 0 Å². The van der Waals surface area contributed by atoms with Gasteiger partial charge in [-0.15, -0.1) is 0 Å². The van der Waals surface area contributed by atoms with Gasteiger partial charge in [0.05, 0.1) is 18.8 Å². The monoisotopic (exact) mass is 365 g/mol. The van der Waals surface area contributed by atoms with Crippen molar-refractivity contribution in [2.24, 2.45) is 5.92 Å². The van der Waals surface area contributed by atoms with Crippen LogP contribution in [0.15, 0.2) is 18.2 Å². The third-order valence-electron chi connectivity index (χ3n) is 4.90. The third-order valence-corrected chi connectivity index (χ3v) is 5.13. The summed E-state index contributed by atoms with van der Waals surface area (Å²) in [6.45, 7) is 4.67. The lowest BCUT2D eigenvalue weighted by molar-refractivity contribution is -0.135. The first-order valence-electron chi connectivity index (χ1n) is 8.67. The molecule has 1 aliphatic heterocycles. The molecule has 2 aliphatic rings. The van der Waals surface area contributed by atoms with Gasteiger partial charge in [-0.2, -0.15) is 0 Å². The molecule has 1 aliphatic carbocycles. The topological polar surface area (TPSA) is 61.9 Å². The summed E-state index contributed by atoms with van der Waals surface area (Å²) < 4.78 is 5.26. The number of halogens is 1. The summed E-state index contributed by atoms with van der Waals surface area (Å²) in [5, 5.41) is 3.43. The van der Waals surface area contributed by atoms with Crippen molar-refractivity contribution >= 4 is 29.1 Å². The van der Waals surface area contributed by atoms with Crippen LogP contribution in [0.4, 0.5) is 5.69 Å². The number of benzene rings is 1. The van der Waals surface area contributed by atoms with Crippen molar-refractivity contribution < 1.29 is 14.3 Å². The highest BCUT2D eigenvalue weighted by Gasteiger charge is 2.35. The average molecular weight is 366 g/mol. The second-order valence-corrected chi connectivity index (χ2v) is 7.08. The minimum absolute atomic E-state index is 0.109. The number of amides is 2. The van der Waals surface area contributed by atoms with Crippen molar-refractivity contribution in [3.8, 4) is 5.75 Å². The van der Waals surface area contributed by atoms with Crippen LogP contribution in [0, 0.1) is 5.92 Å². The van der Waals surface area contributed by atoms with Crippen LogP contribution >= 0.6 is 11.6 Å². The van der Waals surface area contributed by atoms with E-state index in [9.17, 15) is 9.59 Å². The molecular formula is C18H24ClN3O3. The van der Waals surface area contributed by atoms with E-state index in [0.717, 1.165) is 12.8 Å². The van der Waals surface area contributed by atoms with Crippen molar-refractivity contribution in [2.75, 3.05) is 38.6 Å². The molecule has 3 rings (SSSR count). The lowest BCUT2D eigenvalue weighted by Crippen LogP contribution is -2.54. The van der Waals surface area contributed by atoms with E-state index in [-0.39, 0.29) is 23.8 Å². The molecule has 0 bridgehead atoms. The fourth-order valence-electron chi connectivity index (χ4n) is 3.10. The van der Waals surface area contributed by atoms with Gasteiger partial charge >= 0.3 is 0 Å². The Balaban J connectivity index is 1.56. The molecule has 2 amide bonds. The zero-order chi connectivity index (χ0) is 18.0. The van der Waals surface area contributed by atoms with Crippen LogP contribution in [0.1, 0.15) is 19.8 Å². The van der Waals surface area contributed by atoms with E-state index in [1.54, 1.807) is 25.3 Å². The van der Waals surface area contributed by atoms with Gasteiger partial charge in [-0.3, -0.25) is 14.5 Å². The Hall–Kier alpha value is -1.79. The maximum absolute atomic E-state index is 12.6. The van der Waals surface area contributed by atoms with Crippen LogP contribution in [0.2, 0.25) is 5.02 Å². The number of anilines is 1. The van der Waals surface area contributed by atoms with Crippen LogP contribution in [0.5, 0.6) is 5.75 Å². The molecular weight excluding hydrogens is 342 g/mol. The van der Waals surface area contributed by atoms with Gasteiger partial charge in [0.1, 0.15) is 5.75 Å². The number of rotatable bonds is 5. The smallest absolute Gasteiger partial charge is 0.241 e. The summed E-state index contributed by atoms with van der Waals surface area (Å²) in [7, 11) is 1.55. The van der Waals surface area contributed by atoms with Crippen molar-refractivity contribution in [3.05, 3.63) is 23.2 Å². The van der Waals surface area contributed by atoms with Crippen molar-refractivity contribution in [2.45, 2.75) is 25.8 Å². The lowest BCUT2D eigenvalue weighted by Gasteiger charge is -2.37. The van der Waals surface area contributed by atoms with E-state index in [4.69, 9.17) is 16.3 Å². The molecule has 25 heavy (non-hydrogen) atoms. The highest BCUT2D eigenvalue weighted by atomic mass is 35.5. The normalized spacial score (nSPS) is 19.4. The number of hydrogen-bond acceptors (Lipinski definition) is 4. The average Bonchev–Trinajstić information content (AvgIpc) is 3.46. The zero-order valence-corrected chi connectivity index (χ0v) is 15.4. The zero-order valence-electron chi connectivity index (χ0n) is 14.6. The number of piperazine rings is 1. The molecule has 0 spiro atoms. The summed E-state index contributed by atoms with van der Waals surface area (Å²) in [5.74, 6) is 0.996. The second kappa shape index (κ2) is 7.62. The fourth-order valence-corrected chi connectivity index (χ4v) is 3.27. The van der Waals surface area contributed by atoms with Gasteiger partial charge in [0.25, 0.3) is 0 Å². The Kier molecular flexibility index (Phi) is 5.49. The maximum atomic E-state index is 12.6. The summed E-state index contributed by atoms with van der Waals surface area (Å²) in [6, 6.07) is 4.83. The molecule has 0 aromatic heterocycles. The highest BCUT2D eigenvalue weighted by Crippen LogP contribution is 2.31. The first-order chi connectivity index (χ1) is 12.0. The lowest BCUT2D eigenvalue weighted by atomic mass is 10.2. The van der Waals surface area contributed by atoms with Crippen LogP contribution in [0.25, 0.3) is 0 Å². The molecule has 2 fully saturated rings. The Morgan fingerprint density at radius 2 is 1.92 bits per heavy atom. The maximum Gasteiger partial charge on any atom is 0.241 e. The molecule has 1 aromatic carbocycles. The molecule has 1 saturated carbocycles. The molecule has 136 valence electrons. The molecule has 7 heteroatoms. The molecule has 1 atom stereocenters. The first kappa shape index (κ1) is 18.0. The first-order valence-corrected chi connectivity index (χ1v) is 9.04. The van der Waals surface area contributed by atoms with E-state index in [1.807, 2.05) is 11.8 Å². The number of carbonyl (C=O) groups excluding carboxylic acids is 2. The summed E-state index contributed by atoms with van der Waals surface area (Å²) >= 11 is 6.01. The number of hydrogen-bond donors (Lipinski definition) is 1. The number of methoxy groups -OCH3 is 1. The third kappa shape index (κ3) is 4.25. The number of nitrogens with zero attached hydrogens (tertiary/aromatic N) is 2. The molecule has 1 N–H and O–H groups in total. The van der Waals surface area contributed by atoms with E-state index in [0.29, 0.717) is 42.6 Å². The second-order valence-electron chi connectivity index (χ2n) is 6.65. The predicted octanol–water partition coefficient (Wildman–Crippen LogP) is 2.23. The molecule has 1 unspecified atom stereocenters. The van der Waals surface area contributed by atoms with Crippen LogP contribution in [0.3, 0.4) is 0 Å². The number of nitrogens with one attached hydrogen (secondary N) is 1. The Labute approximate surface area is 153 Å². The molecule has 1 saturated heterocycles. The minimum atomic E-state index is -0.290. The van der Waals surface area contributed by atoms with Crippen LogP contribution in [-0.4, -0.2) is 60.9 Å². The van der Waals surface area contributed by atoms with E-state index in [2.05, 4.69) is 10.2 Å². The Morgan fingerprint density at radius 1 is 1.24 bits per heavy atom. The molecule has 0 radical (unpaired) electrons. The van der Waals surface area contributed by atoms with Gasteiger partial charge in [-0.05, 0) is 38.0 Å². The van der Waals surface area contributed by atoms with Crippen molar-refractivity contribution in [1.29, 1.82) is 0 Å². The van der Waals surface area contributed by atoms with Crippen LogP contribution in [-0.2, 0) is 9.59 Å². The van der Waals surface area contributed by atoms with E-state index in [1.165, 1.54) is 0 Å². The summed E-state index contributed by atoms with van der Waals surface area (Å²) in [5.41, 5.74) is 0.564.